The zero-order chi connectivity index (χ0) is 56.0. The molecule has 10 rings (SSSR count). The highest BCUT2D eigenvalue weighted by atomic mass is 19.1. The van der Waals surface area contributed by atoms with Crippen molar-refractivity contribution in [1.82, 2.24) is 0 Å². The lowest BCUT2D eigenvalue weighted by atomic mass is 9.97. The van der Waals surface area contributed by atoms with E-state index in [1.54, 1.807) is 19.2 Å². The second-order valence-electron chi connectivity index (χ2n) is 20.2. The van der Waals surface area contributed by atoms with Crippen LogP contribution in [0.25, 0.3) is 0 Å². The third kappa shape index (κ3) is 16.8. The van der Waals surface area contributed by atoms with Crippen LogP contribution in [0.4, 0.5) is 4.39 Å². The van der Waals surface area contributed by atoms with Gasteiger partial charge in [0.2, 0.25) is 6.36 Å². The standard InChI is InChI=1S/C69H71FO12/c1-71-58-39-37-57(38-40-58)68(82-65-63(75-44-53-29-15-5-16-30-53)61(74-43-52-27-13-4-14-28-52)59(79-67(65)70)48-72-41-50-23-9-2-10-24-50)81-62-60(49-73-42-51-25-11-3-12-26-51)80-69(78-47-56-35-21-8-22-36-56)66(77-46-55-33-19-7-20-34-55)64(62)76-45-54-31-17-6-18-32-54/h2-40,59-69H,41-49H2,1H3/t59-,60-,61-,62-,63+,64+,65+,66-,67+,68+,69-/m1/s1. The summed E-state index contributed by atoms with van der Waals surface area (Å²) in [6, 6.07) is 76.1. The molecular formula is C69H71FO12. The van der Waals surface area contributed by atoms with E-state index in [1.807, 2.05) is 224 Å². The van der Waals surface area contributed by atoms with Crippen molar-refractivity contribution in [2.24, 2.45) is 0 Å². The highest BCUT2D eigenvalue weighted by Gasteiger charge is 2.53. The Balaban J connectivity index is 1.04. The Hall–Kier alpha value is -6.95. The predicted molar refractivity (Wildman–Crippen MR) is 307 cm³/mol. The smallest absolute Gasteiger partial charge is 0.228 e. The Bertz CT molecular complexity index is 3010. The van der Waals surface area contributed by atoms with Gasteiger partial charge in [-0.1, -0.05) is 224 Å². The van der Waals surface area contributed by atoms with Gasteiger partial charge in [0.25, 0.3) is 0 Å². The van der Waals surface area contributed by atoms with E-state index in [2.05, 4.69) is 0 Å². The zero-order valence-corrected chi connectivity index (χ0v) is 46.0. The van der Waals surface area contributed by atoms with Crippen molar-refractivity contribution < 1.29 is 61.2 Å². The molecule has 0 saturated carbocycles. The van der Waals surface area contributed by atoms with Gasteiger partial charge in [-0.2, -0.15) is 0 Å². The van der Waals surface area contributed by atoms with Crippen molar-refractivity contribution in [3.8, 4) is 5.75 Å². The number of hydrogen-bond acceptors (Lipinski definition) is 12. The molecule has 11 atom stereocenters. The summed E-state index contributed by atoms with van der Waals surface area (Å²) >= 11 is 0. The molecule has 0 amide bonds. The highest BCUT2D eigenvalue weighted by molar-refractivity contribution is 5.28. The number of halogens is 1. The topological polar surface area (TPSA) is 111 Å². The van der Waals surface area contributed by atoms with E-state index < -0.39 is 67.8 Å². The second-order valence-corrected chi connectivity index (χ2v) is 20.2. The number of hydrogen-bond donors (Lipinski definition) is 0. The molecule has 0 bridgehead atoms. The van der Waals surface area contributed by atoms with Crippen LogP contribution >= 0.6 is 0 Å². The molecule has 0 N–H and O–H groups in total. The van der Waals surface area contributed by atoms with Crippen molar-refractivity contribution in [1.29, 1.82) is 0 Å². The molecule has 0 radical (unpaired) electrons. The molecule has 2 heterocycles. The van der Waals surface area contributed by atoms with Gasteiger partial charge < -0.3 is 56.8 Å². The summed E-state index contributed by atoms with van der Waals surface area (Å²) in [5.74, 6) is 0.591. The zero-order valence-electron chi connectivity index (χ0n) is 46.0. The fourth-order valence-electron chi connectivity index (χ4n) is 10.0. The van der Waals surface area contributed by atoms with Gasteiger partial charge in [0.15, 0.2) is 12.6 Å². The molecule has 0 unspecified atom stereocenters. The molecule has 8 aromatic rings. The van der Waals surface area contributed by atoms with Gasteiger partial charge in [-0.25, -0.2) is 4.39 Å². The van der Waals surface area contributed by atoms with Crippen molar-refractivity contribution in [3.05, 3.63) is 281 Å². The molecule has 0 aliphatic carbocycles. The van der Waals surface area contributed by atoms with Gasteiger partial charge in [0.1, 0.15) is 54.6 Å². The lowest BCUT2D eigenvalue weighted by molar-refractivity contribution is -0.365. The van der Waals surface area contributed by atoms with Gasteiger partial charge in [0, 0.05) is 5.56 Å². The average molecular weight is 1110 g/mol. The molecule has 0 aromatic heterocycles. The molecular weight excluding hydrogens is 1040 g/mol. The van der Waals surface area contributed by atoms with Gasteiger partial charge in [0.05, 0.1) is 66.6 Å². The molecule has 2 aliphatic rings. The van der Waals surface area contributed by atoms with Gasteiger partial charge in [-0.15, -0.1) is 0 Å². The Labute approximate surface area is 480 Å². The van der Waals surface area contributed by atoms with Crippen molar-refractivity contribution in [3.63, 3.8) is 0 Å². The second kappa shape index (κ2) is 30.9. The van der Waals surface area contributed by atoms with Crippen molar-refractivity contribution in [2.45, 2.75) is 114 Å². The maximum atomic E-state index is 17.8. The SMILES string of the molecule is COc1ccc([C@H](O[C@H]2[C@@H](OCc3ccccc3)[C@H](OCc3ccccc3)[C@@H](COCc3ccccc3)O[C@@H]2F)O[C@H]2[C@H](OCc3ccccc3)[C@@H](OCc3ccccc3)[C@H](OCc3ccccc3)O[C@@H]2COCc2ccccc2)cc1. The molecule has 2 fully saturated rings. The Kier molecular flexibility index (Phi) is 22.0. The largest absolute Gasteiger partial charge is 0.497 e. The molecule has 2 saturated heterocycles. The minimum absolute atomic E-state index is 0.00646. The first-order valence-electron chi connectivity index (χ1n) is 27.9. The van der Waals surface area contributed by atoms with E-state index >= 15 is 4.39 Å². The summed E-state index contributed by atoms with van der Waals surface area (Å²) in [5.41, 5.74) is 7.00. The highest BCUT2D eigenvalue weighted by Crippen LogP contribution is 2.39. The minimum atomic E-state index is -2.07. The van der Waals surface area contributed by atoms with Crippen LogP contribution in [0.5, 0.6) is 5.75 Å². The quantitative estimate of drug-likeness (QED) is 0.0416. The Morgan fingerprint density at radius 3 is 1.07 bits per heavy atom. The number of benzene rings is 8. The lowest BCUT2D eigenvalue weighted by Crippen LogP contribution is -2.63. The van der Waals surface area contributed by atoms with Crippen molar-refractivity contribution >= 4 is 0 Å². The van der Waals surface area contributed by atoms with E-state index in [4.69, 9.17) is 56.8 Å². The minimum Gasteiger partial charge on any atom is -0.497 e. The molecule has 426 valence electrons. The van der Waals surface area contributed by atoms with Crippen LogP contribution in [0.2, 0.25) is 0 Å². The van der Waals surface area contributed by atoms with Crippen LogP contribution in [0, 0.1) is 0 Å². The van der Waals surface area contributed by atoms with E-state index in [9.17, 15) is 0 Å². The lowest BCUT2D eigenvalue weighted by Gasteiger charge is -2.48. The predicted octanol–water partition coefficient (Wildman–Crippen LogP) is 12.9. The third-order valence-corrected chi connectivity index (χ3v) is 14.3. The third-order valence-electron chi connectivity index (χ3n) is 14.3. The van der Waals surface area contributed by atoms with Crippen LogP contribution in [-0.4, -0.2) is 81.8 Å². The average Bonchev–Trinajstić information content (AvgIpc) is 3.65. The van der Waals surface area contributed by atoms with Crippen LogP contribution in [0.1, 0.15) is 50.8 Å². The molecule has 13 heteroatoms. The summed E-state index contributed by atoms with van der Waals surface area (Å²) in [6.07, 6.45) is -12.5. The summed E-state index contributed by atoms with van der Waals surface area (Å²) in [7, 11) is 1.59. The maximum Gasteiger partial charge on any atom is 0.228 e. The molecule has 0 spiro atoms. The van der Waals surface area contributed by atoms with Gasteiger partial charge >= 0.3 is 0 Å². The summed E-state index contributed by atoms with van der Waals surface area (Å²) in [5, 5.41) is 0. The Morgan fingerprint density at radius 1 is 0.341 bits per heavy atom. The number of methoxy groups -OCH3 is 1. The summed E-state index contributed by atoms with van der Waals surface area (Å²) < 4.78 is 99.0. The van der Waals surface area contributed by atoms with E-state index in [0.717, 1.165) is 38.9 Å². The van der Waals surface area contributed by atoms with Crippen molar-refractivity contribution in [2.75, 3.05) is 20.3 Å². The monoisotopic (exact) mass is 1110 g/mol. The number of alkyl halides is 1. The fraction of sp³-hybridized carbons (Fsp3) is 0.304. The number of rotatable bonds is 29. The van der Waals surface area contributed by atoms with Crippen LogP contribution in [0.15, 0.2) is 237 Å². The van der Waals surface area contributed by atoms with E-state index in [0.29, 0.717) is 11.3 Å². The van der Waals surface area contributed by atoms with Gasteiger partial charge in [-0.3, -0.25) is 0 Å². The van der Waals surface area contributed by atoms with Gasteiger partial charge in [-0.05, 0) is 51.1 Å². The van der Waals surface area contributed by atoms with E-state index in [1.165, 1.54) is 0 Å². The van der Waals surface area contributed by atoms with Crippen LogP contribution < -0.4 is 4.74 Å². The summed E-state index contributed by atoms with van der Waals surface area (Å²) in [4.78, 5) is 0. The molecule has 8 aromatic carbocycles. The first kappa shape index (κ1) is 58.3. The first-order chi connectivity index (χ1) is 40.5. The molecule has 2 aliphatic heterocycles. The molecule has 82 heavy (non-hydrogen) atoms. The van der Waals surface area contributed by atoms with E-state index in [-0.39, 0.29) is 59.5 Å². The maximum absolute atomic E-state index is 17.8. The molecule has 12 nitrogen and oxygen atoms in total. The first-order valence-corrected chi connectivity index (χ1v) is 27.9. The fourth-order valence-corrected chi connectivity index (χ4v) is 10.0. The van der Waals surface area contributed by atoms with Crippen LogP contribution in [-0.2, 0) is 98.4 Å². The summed E-state index contributed by atoms with van der Waals surface area (Å²) in [6.45, 7) is 1.40. The Morgan fingerprint density at radius 2 is 0.671 bits per heavy atom. The van der Waals surface area contributed by atoms with Crippen LogP contribution in [0.3, 0.4) is 0 Å². The number of ether oxygens (including phenoxy) is 12. The normalized spacial score (nSPS) is 23.0.